The summed E-state index contributed by atoms with van der Waals surface area (Å²) in [5.41, 5.74) is 1.63. The van der Waals surface area contributed by atoms with Gasteiger partial charge in [0.1, 0.15) is 0 Å². The fraction of sp³-hybridized carbons (Fsp3) is 0.870. The van der Waals surface area contributed by atoms with Crippen LogP contribution in [-0.2, 0) is 4.79 Å². The van der Waals surface area contributed by atoms with E-state index in [0.717, 1.165) is 36.6 Å². The quantitative estimate of drug-likeness (QED) is 0.350. The van der Waals surface area contributed by atoms with Crippen molar-refractivity contribution in [2.45, 2.75) is 88.0 Å². The zero-order valence-electron chi connectivity index (χ0n) is 17.2. The molecule has 4 fully saturated rings. The van der Waals surface area contributed by atoms with Gasteiger partial charge in [0.2, 0.25) is 5.91 Å². The Morgan fingerprint density at radius 2 is 2.11 bits per heavy atom. The maximum absolute atomic E-state index is 13.2. The number of hydrogen-bond donors (Lipinski definition) is 0. The second-order valence-corrected chi connectivity index (χ2v) is 12.5. The molecule has 1 unspecified atom stereocenters. The van der Waals surface area contributed by atoms with Crippen molar-refractivity contribution in [2.24, 2.45) is 11.8 Å². The van der Waals surface area contributed by atoms with E-state index in [2.05, 4.69) is 26.7 Å². The lowest BCUT2D eigenvalue weighted by molar-refractivity contribution is -0.136. The first-order valence-electron chi connectivity index (χ1n) is 11.8. The summed E-state index contributed by atoms with van der Waals surface area (Å²) in [6.45, 7) is 3.53. The highest BCUT2D eigenvalue weighted by molar-refractivity contribution is 8.77. The fourth-order valence-corrected chi connectivity index (χ4v) is 9.64. The summed E-state index contributed by atoms with van der Waals surface area (Å²) >= 11 is 0. The Kier molecular flexibility index (Phi) is 6.32. The average molecular weight is 421 g/mol. The van der Waals surface area contributed by atoms with Crippen molar-refractivity contribution in [2.75, 3.05) is 25.4 Å². The Bertz CT molecular complexity index is 603. The number of likely N-dealkylation sites (tertiary alicyclic amines) is 1. The lowest BCUT2D eigenvalue weighted by atomic mass is 9.68. The molecule has 5 heteroatoms. The molecule has 5 atom stereocenters. The van der Waals surface area contributed by atoms with Crippen LogP contribution >= 0.6 is 21.6 Å². The van der Waals surface area contributed by atoms with Crippen molar-refractivity contribution < 1.29 is 4.79 Å². The van der Waals surface area contributed by atoms with E-state index in [1.807, 2.05) is 10.8 Å². The number of nitrogens with zero attached hydrogens (tertiary/aromatic N) is 2. The predicted molar refractivity (Wildman–Crippen MR) is 121 cm³/mol. The first-order chi connectivity index (χ1) is 13.8. The lowest BCUT2D eigenvalue weighted by Gasteiger charge is -2.54. The standard InChI is InChI=1S/C23H36N2OS2/c26-22(9-2-1-7-20-10-13-27-28-20)25-12-5-6-17-14-18-15-19(23(17)25)16-24-11-4-3-8-21(18)24/h14,18-21,23H,1-13,15-16H2/t18-,19+,20?,21-,23-/m1/s1. The number of amides is 1. The number of hydrogen-bond acceptors (Lipinski definition) is 4. The van der Waals surface area contributed by atoms with Gasteiger partial charge in [-0.15, -0.1) is 0 Å². The molecule has 2 bridgehead atoms. The second kappa shape index (κ2) is 8.93. The Balaban J connectivity index is 1.21. The predicted octanol–water partition coefficient (Wildman–Crippen LogP) is 5.12. The Hall–Kier alpha value is -0.130. The third-order valence-electron chi connectivity index (χ3n) is 7.87. The molecule has 4 saturated heterocycles. The molecule has 0 saturated carbocycles. The van der Waals surface area contributed by atoms with E-state index in [0.29, 0.717) is 17.9 Å². The minimum Gasteiger partial charge on any atom is -0.336 e. The van der Waals surface area contributed by atoms with Crippen molar-refractivity contribution in [3.8, 4) is 0 Å². The van der Waals surface area contributed by atoms with Gasteiger partial charge in [-0.05, 0) is 69.7 Å². The van der Waals surface area contributed by atoms with Crippen molar-refractivity contribution in [3.63, 3.8) is 0 Å². The van der Waals surface area contributed by atoms with Crippen LogP contribution < -0.4 is 0 Å². The maximum atomic E-state index is 13.2. The molecule has 0 aromatic heterocycles. The van der Waals surface area contributed by atoms with Crippen LogP contribution in [0.25, 0.3) is 0 Å². The summed E-state index contributed by atoms with van der Waals surface area (Å²) in [5.74, 6) is 3.22. The van der Waals surface area contributed by atoms with Gasteiger partial charge in [0.15, 0.2) is 0 Å². The van der Waals surface area contributed by atoms with Gasteiger partial charge in [-0.2, -0.15) is 0 Å². The molecule has 1 aliphatic carbocycles. The van der Waals surface area contributed by atoms with Crippen molar-refractivity contribution in [3.05, 3.63) is 11.6 Å². The van der Waals surface area contributed by atoms with E-state index in [1.54, 1.807) is 5.57 Å². The summed E-state index contributed by atoms with van der Waals surface area (Å²) in [6, 6.07) is 1.23. The lowest BCUT2D eigenvalue weighted by Crippen LogP contribution is -2.60. The van der Waals surface area contributed by atoms with Gasteiger partial charge in [0.05, 0.1) is 6.04 Å². The van der Waals surface area contributed by atoms with Crippen molar-refractivity contribution >= 4 is 27.5 Å². The minimum absolute atomic E-state index is 0.433. The van der Waals surface area contributed by atoms with E-state index in [1.165, 1.54) is 76.6 Å². The molecule has 28 heavy (non-hydrogen) atoms. The van der Waals surface area contributed by atoms with Gasteiger partial charge >= 0.3 is 0 Å². The van der Waals surface area contributed by atoms with E-state index < -0.39 is 0 Å². The fourth-order valence-electron chi connectivity index (χ4n) is 6.61. The Morgan fingerprint density at radius 3 is 3.00 bits per heavy atom. The summed E-state index contributed by atoms with van der Waals surface area (Å²) in [6.07, 6.45) is 16.3. The van der Waals surface area contributed by atoms with Crippen LogP contribution in [0, 0.1) is 11.8 Å². The molecule has 5 rings (SSSR count). The van der Waals surface area contributed by atoms with Crippen LogP contribution in [0.15, 0.2) is 11.6 Å². The molecular weight excluding hydrogens is 384 g/mol. The van der Waals surface area contributed by atoms with Gasteiger partial charge < -0.3 is 4.90 Å². The van der Waals surface area contributed by atoms with Gasteiger partial charge in [-0.1, -0.05) is 46.1 Å². The number of piperidine rings is 3. The zero-order valence-corrected chi connectivity index (χ0v) is 18.8. The highest BCUT2D eigenvalue weighted by Crippen LogP contribution is 2.45. The van der Waals surface area contributed by atoms with E-state index in [-0.39, 0.29) is 0 Å². The zero-order chi connectivity index (χ0) is 18.9. The molecule has 4 aliphatic heterocycles. The van der Waals surface area contributed by atoms with Crippen LogP contribution in [-0.4, -0.2) is 58.4 Å². The normalized spacial score (nSPS) is 37.9. The largest absolute Gasteiger partial charge is 0.336 e. The molecule has 0 spiro atoms. The molecule has 3 nitrogen and oxygen atoms in total. The smallest absolute Gasteiger partial charge is 0.223 e. The molecule has 156 valence electrons. The number of rotatable bonds is 5. The van der Waals surface area contributed by atoms with Gasteiger partial charge in [-0.3, -0.25) is 9.69 Å². The molecule has 0 N–H and O–H groups in total. The summed E-state index contributed by atoms with van der Waals surface area (Å²) < 4.78 is 0. The Morgan fingerprint density at radius 1 is 1.14 bits per heavy atom. The SMILES string of the molecule is O=C(CCCCC1CCSS1)N1CCCC2=C[C@@H]3C[C@@H](CN4CCCC[C@H]34)[C@@H]21. The highest BCUT2D eigenvalue weighted by atomic mass is 33.1. The molecule has 1 amide bonds. The van der Waals surface area contributed by atoms with Gasteiger partial charge in [0.25, 0.3) is 0 Å². The molecule has 0 radical (unpaired) electrons. The first-order valence-corrected chi connectivity index (χ1v) is 14.2. The van der Waals surface area contributed by atoms with E-state index >= 15 is 0 Å². The van der Waals surface area contributed by atoms with E-state index in [4.69, 9.17) is 0 Å². The summed E-state index contributed by atoms with van der Waals surface area (Å²) in [5, 5.41) is 0.847. The van der Waals surface area contributed by atoms with Gasteiger partial charge in [0, 0.05) is 36.6 Å². The number of carbonyl (C=O) groups is 1. The number of carbonyl (C=O) groups excluding carboxylic acids is 1. The average Bonchev–Trinajstić information content (AvgIpc) is 3.24. The summed E-state index contributed by atoms with van der Waals surface area (Å²) in [7, 11) is 4.10. The second-order valence-electron chi connectivity index (χ2n) is 9.67. The van der Waals surface area contributed by atoms with Crippen LogP contribution in [0.4, 0.5) is 0 Å². The minimum atomic E-state index is 0.433. The molecule has 0 aromatic rings. The number of fused-ring (bicyclic) bond motifs is 6. The monoisotopic (exact) mass is 420 g/mol. The summed E-state index contributed by atoms with van der Waals surface area (Å²) in [4.78, 5) is 18.3. The van der Waals surface area contributed by atoms with E-state index in [9.17, 15) is 4.79 Å². The highest BCUT2D eigenvalue weighted by Gasteiger charge is 2.46. The van der Waals surface area contributed by atoms with Crippen LogP contribution in [0.5, 0.6) is 0 Å². The third kappa shape index (κ3) is 4.05. The number of unbranched alkanes of at least 4 members (excludes halogenated alkanes) is 1. The molecule has 0 aromatic carbocycles. The topological polar surface area (TPSA) is 23.6 Å². The first kappa shape index (κ1) is 19.8. The van der Waals surface area contributed by atoms with Crippen molar-refractivity contribution in [1.29, 1.82) is 0 Å². The van der Waals surface area contributed by atoms with Gasteiger partial charge in [-0.25, -0.2) is 0 Å². The maximum Gasteiger partial charge on any atom is 0.223 e. The molecular formula is C23H36N2OS2. The van der Waals surface area contributed by atoms with Crippen LogP contribution in [0.3, 0.4) is 0 Å². The molecule has 4 heterocycles. The van der Waals surface area contributed by atoms with Crippen LogP contribution in [0.2, 0.25) is 0 Å². The molecule has 5 aliphatic rings. The Labute approximate surface area is 178 Å². The third-order valence-corrected chi connectivity index (χ3v) is 10.9. The van der Waals surface area contributed by atoms with Crippen LogP contribution in [0.1, 0.15) is 70.6 Å². The van der Waals surface area contributed by atoms with Crippen molar-refractivity contribution in [1.82, 2.24) is 9.80 Å².